The molecule has 0 bridgehead atoms. The highest BCUT2D eigenvalue weighted by atomic mass is 32.2. The molecule has 5 nitrogen and oxygen atoms in total. The predicted molar refractivity (Wildman–Crippen MR) is 107 cm³/mol. The monoisotopic (exact) mass is 393 g/mol. The van der Waals surface area contributed by atoms with Crippen molar-refractivity contribution in [3.05, 3.63) is 102 Å². The number of hydrogen-bond donors (Lipinski definition) is 1. The van der Waals surface area contributed by atoms with E-state index in [9.17, 15) is 18.0 Å². The van der Waals surface area contributed by atoms with Gasteiger partial charge in [0.05, 0.1) is 5.56 Å². The summed E-state index contributed by atoms with van der Waals surface area (Å²) in [4.78, 5) is 22.8. The van der Waals surface area contributed by atoms with Crippen LogP contribution in [0.15, 0.2) is 95.9 Å². The summed E-state index contributed by atoms with van der Waals surface area (Å²) in [7, 11) is -3.55. The van der Waals surface area contributed by atoms with Gasteiger partial charge in [0.2, 0.25) is 0 Å². The van der Waals surface area contributed by atoms with E-state index < -0.39 is 15.9 Å². The van der Waals surface area contributed by atoms with Crippen LogP contribution in [0.3, 0.4) is 0 Å². The van der Waals surface area contributed by atoms with E-state index in [4.69, 9.17) is 0 Å². The number of sulfonamides is 1. The van der Waals surface area contributed by atoms with Crippen LogP contribution in [0, 0.1) is 5.92 Å². The van der Waals surface area contributed by atoms with Crippen molar-refractivity contribution >= 4 is 21.7 Å². The minimum Gasteiger partial charge on any atom is -0.289 e. The minimum atomic E-state index is -3.55. The summed E-state index contributed by atoms with van der Waals surface area (Å²) in [5.74, 6) is -0.119. The Hall–Kier alpha value is -3.25. The number of hydrogen-bond acceptors (Lipinski definition) is 4. The number of nitrogens with one attached hydrogen (secondary N) is 1. The summed E-state index contributed by atoms with van der Waals surface area (Å²) in [5, 5.41) is 0. The Morgan fingerprint density at radius 3 is 2.39 bits per heavy atom. The Kier molecular flexibility index (Phi) is 6.01. The molecule has 1 heterocycles. The fraction of sp³-hybridized carbons (Fsp3) is 0.0909. The van der Waals surface area contributed by atoms with Gasteiger partial charge in [-0.15, -0.1) is 0 Å². The first kappa shape index (κ1) is 19.5. The summed E-state index contributed by atoms with van der Waals surface area (Å²) >= 11 is 0. The summed E-state index contributed by atoms with van der Waals surface area (Å²) < 4.78 is 24.2. The van der Waals surface area contributed by atoms with E-state index in [1.807, 2.05) is 53.3 Å². The molecule has 28 heavy (non-hydrogen) atoms. The third kappa shape index (κ3) is 4.72. The van der Waals surface area contributed by atoms with Crippen molar-refractivity contribution in [3.63, 3.8) is 0 Å². The molecule has 0 spiro atoms. The van der Waals surface area contributed by atoms with Gasteiger partial charge < -0.3 is 0 Å². The quantitative estimate of drug-likeness (QED) is 0.637. The van der Waals surface area contributed by atoms with Crippen molar-refractivity contribution in [1.82, 2.24) is 4.72 Å². The minimum absolute atomic E-state index is 0.0648. The molecule has 1 atom stereocenters. The number of amides is 1. The van der Waals surface area contributed by atoms with Crippen molar-refractivity contribution in [2.24, 2.45) is 5.92 Å². The molecule has 2 aliphatic rings. The molecule has 0 saturated carbocycles. The molecule has 1 N–H and O–H groups in total. The zero-order chi connectivity index (χ0) is 20.0. The highest BCUT2D eigenvalue weighted by Crippen LogP contribution is 2.20. The number of benzene rings is 2. The lowest BCUT2D eigenvalue weighted by Gasteiger charge is -2.06. The van der Waals surface area contributed by atoms with Crippen molar-refractivity contribution < 1.29 is 18.0 Å². The first-order chi connectivity index (χ1) is 13.5. The third-order valence-corrected chi connectivity index (χ3v) is 5.60. The van der Waals surface area contributed by atoms with Crippen molar-refractivity contribution in [3.8, 4) is 0 Å². The first-order valence-corrected chi connectivity index (χ1v) is 10.2. The molecule has 0 fully saturated rings. The van der Waals surface area contributed by atoms with Gasteiger partial charge in [-0.25, -0.2) is 13.1 Å². The molecular formula is C22H19NO4S. The molecule has 2 aromatic carbocycles. The molecular weight excluding hydrogens is 374 g/mol. The zero-order valence-electron chi connectivity index (χ0n) is 15.0. The molecule has 6 heteroatoms. The summed E-state index contributed by atoms with van der Waals surface area (Å²) in [6.07, 6.45) is 12.9. The van der Waals surface area contributed by atoms with E-state index in [0.29, 0.717) is 5.92 Å². The van der Waals surface area contributed by atoms with E-state index in [1.54, 1.807) is 18.2 Å². The second-order valence-corrected chi connectivity index (χ2v) is 7.88. The SMILES string of the molecule is O=C(C=CC1C=CC=CC1)c1ccccc1.O=C1NS(=O)(=O)c2ccccc21. The number of carbonyl (C=O) groups is 2. The largest absolute Gasteiger partial charge is 0.289 e. The standard InChI is InChI=1S/C15H14O.C7H5NO3S/c16-15(14-9-5-2-6-10-14)12-11-13-7-3-1-4-8-13;9-7-5-3-1-2-4-6(5)12(10,11)8-7/h1-7,9-13H,8H2;1-4H,(H,8,9). The van der Waals surface area contributed by atoms with Crippen LogP contribution < -0.4 is 4.72 Å². The third-order valence-electron chi connectivity index (χ3n) is 4.22. The van der Waals surface area contributed by atoms with Gasteiger partial charge in [0, 0.05) is 5.56 Å². The van der Waals surface area contributed by atoms with Crippen LogP contribution in [-0.2, 0) is 10.0 Å². The lowest BCUT2D eigenvalue weighted by molar-refractivity contribution is 0.0984. The summed E-state index contributed by atoms with van der Waals surface area (Å²) in [6.45, 7) is 0. The second kappa shape index (κ2) is 8.63. The van der Waals surface area contributed by atoms with Crippen LogP contribution >= 0.6 is 0 Å². The maximum absolute atomic E-state index is 11.8. The fourth-order valence-electron chi connectivity index (χ4n) is 2.77. The van der Waals surface area contributed by atoms with Crippen molar-refractivity contribution in [2.45, 2.75) is 11.3 Å². The van der Waals surface area contributed by atoms with Gasteiger partial charge >= 0.3 is 0 Å². The van der Waals surface area contributed by atoms with Crippen LogP contribution in [0.2, 0.25) is 0 Å². The Balaban J connectivity index is 0.000000167. The van der Waals surface area contributed by atoms with Gasteiger partial charge in [0.1, 0.15) is 4.90 Å². The molecule has 1 aliphatic heterocycles. The zero-order valence-corrected chi connectivity index (χ0v) is 15.8. The van der Waals surface area contributed by atoms with Gasteiger partial charge in [-0.2, -0.15) is 0 Å². The Morgan fingerprint density at radius 2 is 1.71 bits per heavy atom. The molecule has 0 saturated heterocycles. The summed E-state index contributed by atoms with van der Waals surface area (Å²) in [6, 6.07) is 15.4. The molecule has 2 aromatic rings. The maximum atomic E-state index is 11.8. The topological polar surface area (TPSA) is 80.3 Å². The normalized spacial score (nSPS) is 18.9. The number of rotatable bonds is 3. The van der Waals surface area contributed by atoms with Crippen LogP contribution in [0.1, 0.15) is 27.1 Å². The molecule has 4 rings (SSSR count). The van der Waals surface area contributed by atoms with Gasteiger partial charge in [0.25, 0.3) is 15.9 Å². The lowest BCUT2D eigenvalue weighted by atomic mass is 9.99. The Labute approximate surface area is 164 Å². The Morgan fingerprint density at radius 1 is 1.00 bits per heavy atom. The number of allylic oxidation sites excluding steroid dienone is 6. The molecule has 142 valence electrons. The average molecular weight is 393 g/mol. The highest BCUT2D eigenvalue weighted by molar-refractivity contribution is 7.90. The first-order valence-electron chi connectivity index (χ1n) is 8.74. The van der Waals surface area contributed by atoms with Gasteiger partial charge in [-0.1, -0.05) is 72.8 Å². The molecule has 1 unspecified atom stereocenters. The Bertz CT molecular complexity index is 1070. The molecule has 1 amide bonds. The predicted octanol–water partition coefficient (Wildman–Crippen LogP) is 3.68. The van der Waals surface area contributed by atoms with Gasteiger partial charge in [-0.05, 0) is 30.5 Å². The van der Waals surface area contributed by atoms with Crippen molar-refractivity contribution in [1.29, 1.82) is 0 Å². The lowest BCUT2D eigenvalue weighted by Crippen LogP contribution is -2.20. The van der Waals surface area contributed by atoms with E-state index in [2.05, 4.69) is 12.2 Å². The number of carbonyl (C=O) groups excluding carboxylic acids is 2. The van der Waals surface area contributed by atoms with Crippen LogP contribution in [0.25, 0.3) is 0 Å². The van der Waals surface area contributed by atoms with Crippen LogP contribution in [0.4, 0.5) is 0 Å². The highest BCUT2D eigenvalue weighted by Gasteiger charge is 2.31. The van der Waals surface area contributed by atoms with E-state index in [-0.39, 0.29) is 16.2 Å². The smallest absolute Gasteiger partial charge is 0.266 e. The molecule has 1 aliphatic carbocycles. The fourth-order valence-corrected chi connectivity index (χ4v) is 3.94. The second-order valence-electron chi connectivity index (χ2n) is 6.23. The molecule has 0 radical (unpaired) electrons. The van der Waals surface area contributed by atoms with Gasteiger partial charge in [-0.3, -0.25) is 9.59 Å². The average Bonchev–Trinajstić information content (AvgIpc) is 2.97. The summed E-state index contributed by atoms with van der Waals surface area (Å²) in [5.41, 5.74) is 0.964. The molecule has 0 aromatic heterocycles. The van der Waals surface area contributed by atoms with Gasteiger partial charge in [0.15, 0.2) is 5.78 Å². The van der Waals surface area contributed by atoms with E-state index in [1.165, 1.54) is 12.1 Å². The van der Waals surface area contributed by atoms with E-state index in [0.717, 1.165) is 12.0 Å². The van der Waals surface area contributed by atoms with Crippen LogP contribution in [0.5, 0.6) is 0 Å². The number of ketones is 1. The van der Waals surface area contributed by atoms with Crippen LogP contribution in [-0.4, -0.2) is 20.1 Å². The number of fused-ring (bicyclic) bond motifs is 1. The maximum Gasteiger partial charge on any atom is 0.266 e. The van der Waals surface area contributed by atoms with E-state index >= 15 is 0 Å². The van der Waals surface area contributed by atoms with Crippen molar-refractivity contribution in [2.75, 3.05) is 0 Å².